The Kier molecular flexibility index (Phi) is 4.11. The fourth-order valence-electron chi connectivity index (χ4n) is 3.53. The van der Waals surface area contributed by atoms with Gasteiger partial charge in [0, 0.05) is 18.7 Å². The first kappa shape index (κ1) is 14.7. The van der Waals surface area contributed by atoms with Gasteiger partial charge < -0.3 is 10.1 Å². The number of rotatable bonds is 3. The van der Waals surface area contributed by atoms with E-state index in [0.717, 1.165) is 25.7 Å². The zero-order valence-corrected chi connectivity index (χ0v) is 11.9. The van der Waals surface area contributed by atoms with Crippen LogP contribution in [0, 0.1) is 17.5 Å². The topological polar surface area (TPSA) is 21.3 Å². The van der Waals surface area contributed by atoms with Gasteiger partial charge >= 0.3 is 0 Å². The molecule has 1 atom stereocenters. The van der Waals surface area contributed by atoms with Crippen LogP contribution < -0.4 is 5.32 Å². The van der Waals surface area contributed by atoms with Gasteiger partial charge in [-0.15, -0.1) is 0 Å². The number of benzene rings is 1. The summed E-state index contributed by atoms with van der Waals surface area (Å²) >= 11 is 0. The molecule has 1 aromatic carbocycles. The van der Waals surface area contributed by atoms with Crippen LogP contribution in [0.4, 0.5) is 18.9 Å². The molecule has 1 aliphatic carbocycles. The summed E-state index contributed by atoms with van der Waals surface area (Å²) in [5.74, 6) is -2.72. The number of hydrogen-bond acceptors (Lipinski definition) is 2. The molecular weight excluding hydrogens is 279 g/mol. The first-order valence-corrected chi connectivity index (χ1v) is 7.64. The van der Waals surface area contributed by atoms with E-state index in [1.54, 1.807) is 0 Å². The van der Waals surface area contributed by atoms with Gasteiger partial charge in [0.1, 0.15) is 11.5 Å². The Labute approximate surface area is 122 Å². The van der Waals surface area contributed by atoms with Crippen LogP contribution in [-0.2, 0) is 4.74 Å². The molecule has 5 heteroatoms. The molecule has 2 nitrogen and oxygen atoms in total. The van der Waals surface area contributed by atoms with Crippen LogP contribution in [0.3, 0.4) is 0 Å². The summed E-state index contributed by atoms with van der Waals surface area (Å²) in [6, 6.07) is 1.37. The Bertz CT molecular complexity index is 491. The number of nitrogens with one attached hydrogen (secondary N) is 1. The van der Waals surface area contributed by atoms with Crippen LogP contribution in [-0.4, -0.2) is 18.2 Å². The maximum atomic E-state index is 13.6. The smallest absolute Gasteiger partial charge is 0.152 e. The highest BCUT2D eigenvalue weighted by Crippen LogP contribution is 2.41. The number of halogens is 3. The molecule has 116 valence electrons. The standard InChI is InChI=1S/C16H20F3NO/c17-11-8-13(18)15(14(19)9-11)20-10-12-4-7-16(21-12)5-2-1-3-6-16/h8-9,12,20H,1-7,10H2. The van der Waals surface area contributed by atoms with Gasteiger partial charge in [0.05, 0.1) is 11.7 Å². The minimum absolute atomic E-state index is 0.00944. The fourth-order valence-corrected chi connectivity index (χ4v) is 3.53. The van der Waals surface area contributed by atoms with Gasteiger partial charge in [0.2, 0.25) is 0 Å². The lowest BCUT2D eigenvalue weighted by molar-refractivity contribution is -0.0588. The zero-order valence-electron chi connectivity index (χ0n) is 11.9. The lowest BCUT2D eigenvalue weighted by Gasteiger charge is -2.33. The van der Waals surface area contributed by atoms with Gasteiger partial charge in [0.15, 0.2) is 11.6 Å². The van der Waals surface area contributed by atoms with E-state index in [9.17, 15) is 13.2 Å². The van der Waals surface area contributed by atoms with E-state index in [1.807, 2.05) is 0 Å². The lowest BCUT2D eigenvalue weighted by atomic mass is 9.83. The summed E-state index contributed by atoms with van der Waals surface area (Å²) in [6.07, 6.45) is 7.71. The quantitative estimate of drug-likeness (QED) is 0.893. The molecule has 0 amide bonds. The lowest BCUT2D eigenvalue weighted by Crippen LogP contribution is -2.33. The van der Waals surface area contributed by atoms with E-state index in [-0.39, 0.29) is 17.4 Å². The predicted octanol–water partition coefficient (Wildman–Crippen LogP) is 4.40. The molecule has 1 unspecified atom stereocenters. The molecule has 1 spiro atoms. The molecule has 0 bridgehead atoms. The Morgan fingerprint density at radius 1 is 1.05 bits per heavy atom. The molecule has 3 rings (SSSR count). The molecule has 0 radical (unpaired) electrons. The Hall–Kier alpha value is -1.23. The maximum Gasteiger partial charge on any atom is 0.152 e. The van der Waals surface area contributed by atoms with Crippen molar-refractivity contribution in [1.29, 1.82) is 0 Å². The van der Waals surface area contributed by atoms with Crippen molar-refractivity contribution in [3.05, 3.63) is 29.6 Å². The Morgan fingerprint density at radius 2 is 1.71 bits per heavy atom. The highest BCUT2D eigenvalue weighted by Gasteiger charge is 2.40. The maximum absolute atomic E-state index is 13.6. The van der Waals surface area contributed by atoms with Gasteiger partial charge in [-0.25, -0.2) is 13.2 Å². The predicted molar refractivity (Wildman–Crippen MR) is 74.7 cm³/mol. The van der Waals surface area contributed by atoms with Crippen molar-refractivity contribution in [2.24, 2.45) is 0 Å². The first-order chi connectivity index (χ1) is 10.1. The molecule has 2 aliphatic rings. The summed E-state index contributed by atoms with van der Waals surface area (Å²) in [5, 5.41) is 2.73. The van der Waals surface area contributed by atoms with E-state index in [0.29, 0.717) is 18.7 Å². The van der Waals surface area contributed by atoms with E-state index in [4.69, 9.17) is 4.74 Å². The third kappa shape index (κ3) is 3.18. The van der Waals surface area contributed by atoms with Crippen LogP contribution in [0.25, 0.3) is 0 Å². The average Bonchev–Trinajstić information content (AvgIpc) is 2.81. The molecule has 1 saturated carbocycles. The molecular formula is C16H20F3NO. The van der Waals surface area contributed by atoms with E-state index in [1.165, 1.54) is 19.3 Å². The van der Waals surface area contributed by atoms with E-state index >= 15 is 0 Å². The molecule has 1 heterocycles. The number of anilines is 1. The van der Waals surface area contributed by atoms with Crippen molar-refractivity contribution in [3.8, 4) is 0 Å². The third-order valence-electron chi connectivity index (χ3n) is 4.62. The largest absolute Gasteiger partial charge is 0.378 e. The van der Waals surface area contributed by atoms with Crippen LogP contribution in [0.2, 0.25) is 0 Å². The minimum atomic E-state index is -0.908. The number of ether oxygens (including phenoxy) is 1. The second-order valence-corrected chi connectivity index (χ2v) is 6.15. The first-order valence-electron chi connectivity index (χ1n) is 7.64. The molecule has 0 aromatic heterocycles. The summed E-state index contributed by atoms with van der Waals surface area (Å²) in [4.78, 5) is 0. The number of hydrogen-bond donors (Lipinski definition) is 1. The van der Waals surface area contributed by atoms with Crippen molar-refractivity contribution < 1.29 is 17.9 Å². The second-order valence-electron chi connectivity index (χ2n) is 6.15. The molecule has 2 fully saturated rings. The Morgan fingerprint density at radius 3 is 2.38 bits per heavy atom. The van der Waals surface area contributed by atoms with Crippen LogP contribution >= 0.6 is 0 Å². The van der Waals surface area contributed by atoms with Crippen molar-refractivity contribution in [1.82, 2.24) is 0 Å². The normalized spacial score (nSPS) is 24.4. The van der Waals surface area contributed by atoms with Crippen molar-refractivity contribution in [2.45, 2.75) is 56.7 Å². The van der Waals surface area contributed by atoms with Crippen molar-refractivity contribution in [2.75, 3.05) is 11.9 Å². The van der Waals surface area contributed by atoms with Gasteiger partial charge in [0.25, 0.3) is 0 Å². The molecule has 21 heavy (non-hydrogen) atoms. The SMILES string of the molecule is Fc1cc(F)c(NCC2CCC3(CCCCC3)O2)c(F)c1. The van der Waals surface area contributed by atoms with Crippen LogP contribution in [0.15, 0.2) is 12.1 Å². The highest BCUT2D eigenvalue weighted by atomic mass is 19.1. The minimum Gasteiger partial charge on any atom is -0.378 e. The van der Waals surface area contributed by atoms with Gasteiger partial charge in [-0.2, -0.15) is 0 Å². The summed E-state index contributed by atoms with van der Waals surface area (Å²) in [5.41, 5.74) is -0.283. The molecule has 1 aliphatic heterocycles. The fraction of sp³-hybridized carbons (Fsp3) is 0.625. The third-order valence-corrected chi connectivity index (χ3v) is 4.62. The summed E-state index contributed by atoms with van der Waals surface area (Å²) in [6.45, 7) is 0.348. The van der Waals surface area contributed by atoms with E-state index in [2.05, 4.69) is 5.32 Å². The zero-order chi connectivity index (χ0) is 14.9. The monoisotopic (exact) mass is 299 g/mol. The summed E-state index contributed by atoms with van der Waals surface area (Å²) in [7, 11) is 0. The van der Waals surface area contributed by atoms with Gasteiger partial charge in [-0.3, -0.25) is 0 Å². The van der Waals surface area contributed by atoms with E-state index < -0.39 is 17.5 Å². The Balaban J connectivity index is 1.59. The second kappa shape index (κ2) is 5.87. The van der Waals surface area contributed by atoms with Gasteiger partial charge in [-0.1, -0.05) is 19.3 Å². The van der Waals surface area contributed by atoms with Crippen LogP contribution in [0.1, 0.15) is 44.9 Å². The molecule has 1 saturated heterocycles. The molecule has 1 N–H and O–H groups in total. The average molecular weight is 299 g/mol. The van der Waals surface area contributed by atoms with Crippen molar-refractivity contribution >= 4 is 5.69 Å². The highest BCUT2D eigenvalue weighted by molar-refractivity contribution is 5.46. The summed E-state index contributed by atoms with van der Waals surface area (Å²) < 4.78 is 46.1. The van der Waals surface area contributed by atoms with Crippen LogP contribution in [0.5, 0.6) is 0 Å². The molecule has 1 aromatic rings. The van der Waals surface area contributed by atoms with Crippen molar-refractivity contribution in [3.63, 3.8) is 0 Å². The van der Waals surface area contributed by atoms with Gasteiger partial charge in [-0.05, 0) is 25.7 Å².